The van der Waals surface area contributed by atoms with Crippen molar-refractivity contribution in [2.24, 2.45) is 0 Å². The van der Waals surface area contributed by atoms with E-state index in [-0.39, 0.29) is 6.09 Å². The molecule has 1 fully saturated rings. The first-order valence-electron chi connectivity index (χ1n) is 3.97. The van der Waals surface area contributed by atoms with E-state index in [1.54, 1.807) is 0 Å². The van der Waals surface area contributed by atoms with Gasteiger partial charge in [-0.3, -0.25) is 0 Å². The molecule has 0 aromatic rings. The summed E-state index contributed by atoms with van der Waals surface area (Å²) in [6.45, 7) is 2.07. The second-order valence-corrected chi connectivity index (χ2v) is 4.18. The van der Waals surface area contributed by atoms with Gasteiger partial charge in [0.1, 0.15) is 0 Å². The van der Waals surface area contributed by atoms with E-state index in [0.29, 0.717) is 6.04 Å². The van der Waals surface area contributed by atoms with Crippen molar-refractivity contribution in [1.29, 1.82) is 0 Å². The summed E-state index contributed by atoms with van der Waals surface area (Å²) in [5.41, 5.74) is 0. The highest BCUT2D eigenvalue weighted by Gasteiger charge is 2.18. The first-order valence-corrected chi connectivity index (χ1v) is 4.94. The molecule has 0 saturated carbocycles. The number of rotatable bonds is 1. The Kier molecular flexibility index (Phi) is 4.07. The van der Waals surface area contributed by atoms with E-state index in [4.69, 9.17) is 0 Å². The molecular weight excluding hydrogens is 271 g/mol. The van der Waals surface area contributed by atoms with Gasteiger partial charge in [-0.25, -0.2) is 7.91 Å². The average Bonchev–Trinajstić information content (AvgIpc) is 2.09. The van der Waals surface area contributed by atoms with Gasteiger partial charge in [-0.1, -0.05) is 0 Å². The summed E-state index contributed by atoms with van der Waals surface area (Å²) in [6, 6.07) is 0.295. The van der Waals surface area contributed by atoms with Gasteiger partial charge >= 0.3 is 6.09 Å². The van der Waals surface area contributed by atoms with Crippen molar-refractivity contribution in [3.05, 3.63) is 0 Å². The Bertz CT molecular complexity index is 157. The zero-order valence-electron chi connectivity index (χ0n) is 7.05. The van der Waals surface area contributed by atoms with Crippen LogP contribution in [0.2, 0.25) is 0 Å². The molecule has 0 aliphatic carbocycles. The number of hydrogen-bond donors (Lipinski definition) is 1. The summed E-state index contributed by atoms with van der Waals surface area (Å²) in [5.74, 6) is 0. The minimum atomic E-state index is -0.318. The number of piperidine rings is 1. The number of nitrogens with one attached hydrogen (secondary N) is 1. The summed E-state index contributed by atoms with van der Waals surface area (Å²) >= 11 is 2.30. The van der Waals surface area contributed by atoms with Crippen molar-refractivity contribution < 1.29 is 9.53 Å². The van der Waals surface area contributed by atoms with E-state index in [1.807, 2.05) is 0 Å². The molecule has 0 atom stereocenters. The highest BCUT2D eigenvalue weighted by Crippen LogP contribution is 2.13. The number of methoxy groups -OCH3 is 1. The van der Waals surface area contributed by atoms with Crippen LogP contribution in [0.5, 0.6) is 0 Å². The molecule has 1 heterocycles. The van der Waals surface area contributed by atoms with Crippen LogP contribution in [0.15, 0.2) is 0 Å². The third kappa shape index (κ3) is 3.14. The maximum atomic E-state index is 10.8. The molecular formula is C7H13IN2O2. The summed E-state index contributed by atoms with van der Waals surface area (Å²) in [7, 11) is 1.39. The van der Waals surface area contributed by atoms with Gasteiger partial charge in [-0.15, -0.1) is 0 Å². The molecule has 1 aliphatic heterocycles. The van der Waals surface area contributed by atoms with Crippen LogP contribution in [0.1, 0.15) is 12.8 Å². The predicted octanol–water partition coefficient (Wildman–Crippen LogP) is 1.16. The van der Waals surface area contributed by atoms with Crippen LogP contribution in [0.3, 0.4) is 0 Å². The van der Waals surface area contributed by atoms with Gasteiger partial charge in [0.05, 0.1) is 7.11 Å². The molecule has 1 N–H and O–H groups in total. The van der Waals surface area contributed by atoms with Gasteiger partial charge in [0.25, 0.3) is 0 Å². The minimum absolute atomic E-state index is 0.295. The summed E-state index contributed by atoms with van der Waals surface area (Å²) < 4.78 is 6.74. The topological polar surface area (TPSA) is 41.6 Å². The van der Waals surface area contributed by atoms with E-state index in [0.717, 1.165) is 25.9 Å². The molecule has 4 nitrogen and oxygen atoms in total. The number of carbonyl (C=O) groups excluding carboxylic acids is 1. The zero-order chi connectivity index (χ0) is 8.97. The minimum Gasteiger partial charge on any atom is -0.453 e. The van der Waals surface area contributed by atoms with E-state index >= 15 is 0 Å². The lowest BCUT2D eigenvalue weighted by Gasteiger charge is -2.27. The molecule has 70 valence electrons. The second kappa shape index (κ2) is 4.86. The molecule has 5 heteroatoms. The molecule has 0 radical (unpaired) electrons. The van der Waals surface area contributed by atoms with Crippen LogP contribution in [0.4, 0.5) is 4.79 Å². The Morgan fingerprint density at radius 2 is 2.17 bits per heavy atom. The molecule has 1 amide bonds. The van der Waals surface area contributed by atoms with E-state index in [2.05, 4.69) is 36.0 Å². The van der Waals surface area contributed by atoms with Crippen LogP contribution >= 0.6 is 22.9 Å². The van der Waals surface area contributed by atoms with Gasteiger partial charge < -0.3 is 10.1 Å². The van der Waals surface area contributed by atoms with Gasteiger partial charge in [-0.05, 0) is 12.8 Å². The highest BCUT2D eigenvalue weighted by molar-refractivity contribution is 14.1. The largest absolute Gasteiger partial charge is 0.453 e. The van der Waals surface area contributed by atoms with Gasteiger partial charge in [0.15, 0.2) is 0 Å². The lowest BCUT2D eigenvalue weighted by Crippen LogP contribution is -2.41. The molecule has 12 heavy (non-hydrogen) atoms. The number of amides is 1. The third-order valence-corrected chi connectivity index (χ3v) is 2.91. The fourth-order valence-electron chi connectivity index (χ4n) is 1.22. The molecule has 1 saturated heterocycles. The Morgan fingerprint density at radius 1 is 1.58 bits per heavy atom. The SMILES string of the molecule is COC(=O)NC1CCN(I)CC1. The first-order chi connectivity index (χ1) is 5.72. The maximum absolute atomic E-state index is 10.8. The van der Waals surface area contributed by atoms with Gasteiger partial charge in [0.2, 0.25) is 0 Å². The molecule has 1 aliphatic rings. The fourth-order valence-corrected chi connectivity index (χ4v) is 1.77. The molecule has 0 unspecified atom stereocenters. The number of carbonyl (C=O) groups is 1. The molecule has 1 rings (SSSR count). The van der Waals surface area contributed by atoms with Crippen LogP contribution in [-0.2, 0) is 4.74 Å². The number of halogens is 1. The number of hydrogen-bond acceptors (Lipinski definition) is 3. The monoisotopic (exact) mass is 284 g/mol. The molecule has 0 aromatic heterocycles. The summed E-state index contributed by atoms with van der Waals surface area (Å²) in [4.78, 5) is 10.8. The van der Waals surface area contributed by atoms with Crippen molar-refractivity contribution >= 4 is 29.0 Å². The smallest absolute Gasteiger partial charge is 0.407 e. The van der Waals surface area contributed by atoms with E-state index < -0.39 is 0 Å². The standard InChI is InChI=1S/C7H13IN2O2/c1-12-7(11)9-6-2-4-10(8)5-3-6/h6H,2-5H2,1H3,(H,9,11). The van der Waals surface area contributed by atoms with Crippen molar-refractivity contribution in [1.82, 2.24) is 8.43 Å². The lowest BCUT2D eigenvalue weighted by atomic mass is 10.1. The first kappa shape index (κ1) is 10.0. The Labute approximate surface area is 86.1 Å². The fraction of sp³-hybridized carbons (Fsp3) is 0.857. The Morgan fingerprint density at radius 3 is 2.67 bits per heavy atom. The average molecular weight is 284 g/mol. The van der Waals surface area contributed by atoms with Crippen LogP contribution < -0.4 is 5.32 Å². The summed E-state index contributed by atoms with van der Waals surface area (Å²) in [5, 5.41) is 2.80. The molecule has 0 bridgehead atoms. The molecule has 0 spiro atoms. The van der Waals surface area contributed by atoms with Crippen LogP contribution in [0.25, 0.3) is 0 Å². The van der Waals surface area contributed by atoms with Crippen molar-refractivity contribution in [3.8, 4) is 0 Å². The van der Waals surface area contributed by atoms with Gasteiger partial charge in [0, 0.05) is 42.0 Å². The lowest BCUT2D eigenvalue weighted by molar-refractivity contribution is 0.162. The number of alkyl carbamates (subject to hydrolysis) is 1. The number of nitrogens with zero attached hydrogens (tertiary/aromatic N) is 1. The maximum Gasteiger partial charge on any atom is 0.407 e. The second-order valence-electron chi connectivity index (χ2n) is 2.82. The molecule has 0 aromatic carbocycles. The summed E-state index contributed by atoms with van der Waals surface area (Å²) in [6.07, 6.45) is 1.71. The van der Waals surface area contributed by atoms with Gasteiger partial charge in [-0.2, -0.15) is 0 Å². The van der Waals surface area contributed by atoms with Crippen molar-refractivity contribution in [2.45, 2.75) is 18.9 Å². The third-order valence-electron chi connectivity index (χ3n) is 1.95. The van der Waals surface area contributed by atoms with Crippen LogP contribution in [-0.4, -0.2) is 35.4 Å². The normalized spacial score (nSPS) is 20.5. The van der Waals surface area contributed by atoms with E-state index in [9.17, 15) is 4.79 Å². The zero-order valence-corrected chi connectivity index (χ0v) is 9.20. The Hall–Kier alpha value is -0.0400. The Balaban J connectivity index is 2.21. The van der Waals surface area contributed by atoms with Crippen molar-refractivity contribution in [3.63, 3.8) is 0 Å². The quantitative estimate of drug-likeness (QED) is 0.580. The highest BCUT2D eigenvalue weighted by atomic mass is 127. The predicted molar refractivity (Wildman–Crippen MR) is 54.2 cm³/mol. The van der Waals surface area contributed by atoms with Crippen LogP contribution in [0, 0.1) is 0 Å². The van der Waals surface area contributed by atoms with E-state index in [1.165, 1.54) is 7.11 Å². The number of ether oxygens (including phenoxy) is 1. The van der Waals surface area contributed by atoms with Crippen molar-refractivity contribution in [2.75, 3.05) is 20.2 Å².